The van der Waals surface area contributed by atoms with Gasteiger partial charge in [0.15, 0.2) is 0 Å². The summed E-state index contributed by atoms with van der Waals surface area (Å²) in [5.74, 6) is -0.151. The number of aliphatic hydroxyl groups excluding tert-OH is 1. The van der Waals surface area contributed by atoms with E-state index in [4.69, 9.17) is 4.74 Å². The second-order valence-corrected chi connectivity index (χ2v) is 8.02. The van der Waals surface area contributed by atoms with Crippen molar-refractivity contribution >= 4 is 6.09 Å². The van der Waals surface area contributed by atoms with E-state index in [1.165, 1.54) is 19.1 Å². The van der Waals surface area contributed by atoms with Gasteiger partial charge in [-0.2, -0.15) is 13.2 Å². The molecule has 1 aliphatic carbocycles. The number of hydrogen-bond acceptors (Lipinski definition) is 3. The Bertz CT molecular complexity index is 1100. The van der Waals surface area contributed by atoms with Crippen LogP contribution in [-0.2, 0) is 16.5 Å². The van der Waals surface area contributed by atoms with Crippen LogP contribution in [0.25, 0.3) is 11.1 Å². The third-order valence-corrected chi connectivity index (χ3v) is 5.86. The summed E-state index contributed by atoms with van der Waals surface area (Å²) >= 11 is 0. The summed E-state index contributed by atoms with van der Waals surface area (Å²) in [5, 5.41) is 12.4. The quantitative estimate of drug-likeness (QED) is 0.554. The summed E-state index contributed by atoms with van der Waals surface area (Å²) in [6.45, 7) is 0.909. The molecule has 3 aromatic carbocycles. The van der Waals surface area contributed by atoms with E-state index in [0.29, 0.717) is 0 Å². The summed E-state index contributed by atoms with van der Waals surface area (Å²) < 4.78 is 44.7. The standard InChI is InChI=1S/C25H22F3NO3/c1-24(15-30,16-7-6-8-17(13-16)25(26,27)28)29-23(31)32-14-22-20-11-4-2-9-18(20)19-10-3-5-12-21(19)22/h2-13,22,30H,14-15H2,1H3,(H,29,31). The lowest BCUT2D eigenvalue weighted by molar-refractivity contribution is -0.137. The maximum Gasteiger partial charge on any atom is 0.416 e. The average Bonchev–Trinajstić information content (AvgIpc) is 3.11. The fourth-order valence-electron chi connectivity index (χ4n) is 4.10. The Hall–Kier alpha value is -3.32. The Morgan fingerprint density at radius 3 is 2.06 bits per heavy atom. The van der Waals surface area contributed by atoms with E-state index in [1.54, 1.807) is 0 Å². The highest BCUT2D eigenvalue weighted by molar-refractivity contribution is 5.79. The minimum Gasteiger partial charge on any atom is -0.449 e. The van der Waals surface area contributed by atoms with Crippen LogP contribution in [0.15, 0.2) is 72.8 Å². The van der Waals surface area contributed by atoms with E-state index in [2.05, 4.69) is 5.32 Å². The highest BCUT2D eigenvalue weighted by Crippen LogP contribution is 2.44. The molecule has 0 aromatic heterocycles. The van der Waals surface area contributed by atoms with Crippen LogP contribution in [0.5, 0.6) is 0 Å². The Morgan fingerprint density at radius 2 is 1.50 bits per heavy atom. The second-order valence-electron chi connectivity index (χ2n) is 8.02. The third kappa shape index (κ3) is 4.08. The fourth-order valence-corrected chi connectivity index (χ4v) is 4.10. The van der Waals surface area contributed by atoms with E-state index in [1.807, 2.05) is 48.5 Å². The van der Waals surface area contributed by atoms with Crippen molar-refractivity contribution in [1.82, 2.24) is 5.32 Å². The predicted octanol–water partition coefficient (Wildman–Crippen LogP) is 5.45. The van der Waals surface area contributed by atoms with Crippen molar-refractivity contribution < 1.29 is 27.8 Å². The molecule has 7 heteroatoms. The number of aliphatic hydroxyl groups is 1. The molecule has 0 fully saturated rings. The van der Waals surface area contributed by atoms with Gasteiger partial charge >= 0.3 is 12.3 Å². The van der Waals surface area contributed by atoms with Gasteiger partial charge < -0.3 is 15.2 Å². The van der Waals surface area contributed by atoms with E-state index >= 15 is 0 Å². The van der Waals surface area contributed by atoms with Crippen molar-refractivity contribution in [3.05, 3.63) is 95.1 Å². The molecule has 1 aliphatic rings. The first kappa shape index (κ1) is 21.9. The molecule has 1 amide bonds. The molecule has 32 heavy (non-hydrogen) atoms. The van der Waals surface area contributed by atoms with Crippen molar-refractivity contribution in [2.75, 3.05) is 13.2 Å². The molecule has 166 valence electrons. The number of nitrogens with one attached hydrogen (secondary N) is 1. The summed E-state index contributed by atoms with van der Waals surface area (Å²) in [4.78, 5) is 12.6. The SMILES string of the molecule is CC(CO)(NC(=O)OCC1c2ccccc2-c2ccccc21)c1cccc(C(F)(F)F)c1. The number of fused-ring (bicyclic) bond motifs is 3. The molecule has 1 atom stereocenters. The molecule has 0 heterocycles. The minimum absolute atomic E-state index is 0.0595. The molecule has 1 unspecified atom stereocenters. The summed E-state index contributed by atoms with van der Waals surface area (Å²) in [6.07, 6.45) is -5.35. The molecule has 0 saturated heterocycles. The Balaban J connectivity index is 1.50. The number of rotatable bonds is 5. The van der Waals surface area contributed by atoms with Gasteiger partial charge in [0.05, 0.1) is 17.7 Å². The lowest BCUT2D eigenvalue weighted by atomic mass is 9.91. The Labute approximate surface area is 183 Å². The van der Waals surface area contributed by atoms with Gasteiger partial charge in [-0.3, -0.25) is 0 Å². The van der Waals surface area contributed by atoms with Crippen LogP contribution < -0.4 is 5.32 Å². The molecular formula is C25H22F3NO3. The van der Waals surface area contributed by atoms with Gasteiger partial charge in [0.25, 0.3) is 0 Å². The van der Waals surface area contributed by atoms with Crippen LogP contribution in [-0.4, -0.2) is 24.4 Å². The molecule has 0 saturated carbocycles. The number of amides is 1. The lowest BCUT2D eigenvalue weighted by Crippen LogP contribution is -2.46. The number of alkyl carbamates (subject to hydrolysis) is 1. The van der Waals surface area contributed by atoms with Crippen molar-refractivity contribution in [3.8, 4) is 11.1 Å². The Kier molecular flexibility index (Phi) is 5.69. The van der Waals surface area contributed by atoms with Crippen molar-refractivity contribution in [1.29, 1.82) is 0 Å². The number of hydrogen-bond donors (Lipinski definition) is 2. The highest BCUT2D eigenvalue weighted by atomic mass is 19.4. The van der Waals surface area contributed by atoms with Gasteiger partial charge in [0.1, 0.15) is 6.61 Å². The van der Waals surface area contributed by atoms with Gasteiger partial charge in [0.2, 0.25) is 0 Å². The molecule has 3 aromatic rings. The number of carbonyl (C=O) groups is 1. The van der Waals surface area contributed by atoms with E-state index in [-0.39, 0.29) is 18.1 Å². The monoisotopic (exact) mass is 441 g/mol. The predicted molar refractivity (Wildman–Crippen MR) is 114 cm³/mol. The molecule has 0 bridgehead atoms. The number of ether oxygens (including phenoxy) is 1. The van der Waals surface area contributed by atoms with Gasteiger partial charge in [-0.15, -0.1) is 0 Å². The van der Waals surface area contributed by atoms with Gasteiger partial charge in [-0.25, -0.2) is 4.79 Å². The third-order valence-electron chi connectivity index (χ3n) is 5.86. The number of benzene rings is 3. The summed E-state index contributed by atoms with van der Waals surface area (Å²) in [7, 11) is 0. The summed E-state index contributed by atoms with van der Waals surface area (Å²) in [6, 6.07) is 20.3. The zero-order valence-electron chi connectivity index (χ0n) is 17.3. The Morgan fingerprint density at radius 1 is 0.938 bits per heavy atom. The zero-order valence-corrected chi connectivity index (χ0v) is 17.3. The zero-order chi connectivity index (χ0) is 22.9. The average molecular weight is 441 g/mol. The van der Waals surface area contributed by atoms with Crippen LogP contribution in [0, 0.1) is 0 Å². The van der Waals surface area contributed by atoms with Gasteiger partial charge in [-0.1, -0.05) is 60.7 Å². The smallest absolute Gasteiger partial charge is 0.416 e. The second kappa shape index (κ2) is 8.31. The van der Waals surface area contributed by atoms with Crippen molar-refractivity contribution in [2.24, 2.45) is 0 Å². The van der Waals surface area contributed by atoms with Crippen LogP contribution in [0.1, 0.15) is 35.1 Å². The van der Waals surface area contributed by atoms with Crippen LogP contribution in [0.3, 0.4) is 0 Å². The van der Waals surface area contributed by atoms with Gasteiger partial charge in [-0.05, 0) is 46.9 Å². The van der Waals surface area contributed by atoms with Crippen LogP contribution >= 0.6 is 0 Å². The molecule has 4 rings (SSSR count). The molecule has 2 N–H and O–H groups in total. The largest absolute Gasteiger partial charge is 0.449 e. The topological polar surface area (TPSA) is 58.6 Å². The first-order valence-electron chi connectivity index (χ1n) is 10.1. The maximum atomic E-state index is 13.1. The normalized spacial score (nSPS) is 14.9. The first-order chi connectivity index (χ1) is 15.2. The number of halogens is 3. The van der Waals surface area contributed by atoms with Crippen molar-refractivity contribution in [3.63, 3.8) is 0 Å². The number of alkyl halides is 3. The van der Waals surface area contributed by atoms with Crippen LogP contribution in [0.2, 0.25) is 0 Å². The summed E-state index contributed by atoms with van der Waals surface area (Å²) in [5.41, 5.74) is 2.09. The highest BCUT2D eigenvalue weighted by Gasteiger charge is 2.35. The molecule has 0 aliphatic heterocycles. The fraction of sp³-hybridized carbons (Fsp3) is 0.240. The van der Waals surface area contributed by atoms with Gasteiger partial charge in [0, 0.05) is 5.92 Å². The molecule has 0 radical (unpaired) electrons. The molecular weight excluding hydrogens is 419 g/mol. The first-order valence-corrected chi connectivity index (χ1v) is 10.1. The number of carbonyl (C=O) groups excluding carboxylic acids is 1. The van der Waals surface area contributed by atoms with E-state index in [0.717, 1.165) is 34.4 Å². The van der Waals surface area contributed by atoms with E-state index in [9.17, 15) is 23.1 Å². The van der Waals surface area contributed by atoms with Crippen LogP contribution in [0.4, 0.5) is 18.0 Å². The van der Waals surface area contributed by atoms with E-state index < -0.39 is 30.0 Å². The maximum absolute atomic E-state index is 13.1. The minimum atomic E-state index is -4.53. The molecule has 4 nitrogen and oxygen atoms in total. The van der Waals surface area contributed by atoms with Crippen molar-refractivity contribution in [2.45, 2.75) is 24.6 Å². The lowest BCUT2D eigenvalue weighted by Gasteiger charge is -2.29. The molecule has 0 spiro atoms.